The molecule has 0 spiro atoms. The van der Waals surface area contributed by atoms with Crippen molar-refractivity contribution in [3.05, 3.63) is 29.3 Å². The van der Waals surface area contributed by atoms with E-state index in [1.54, 1.807) is 10.4 Å². The largest absolute Gasteiger partial charge is 0.375 e. The van der Waals surface area contributed by atoms with Crippen LogP contribution < -0.4 is 0 Å². The minimum Gasteiger partial charge on any atom is -0.375 e. The molecule has 0 bridgehead atoms. The molecule has 1 saturated heterocycles. The maximum absolute atomic E-state index is 12.7. The Labute approximate surface area is 115 Å². The first-order valence-electron chi connectivity index (χ1n) is 6.53. The number of ether oxygens (including phenoxy) is 1. The van der Waals surface area contributed by atoms with Crippen LogP contribution in [-0.4, -0.2) is 38.0 Å². The zero-order chi connectivity index (χ0) is 14.2. The van der Waals surface area contributed by atoms with E-state index in [0.29, 0.717) is 18.0 Å². The molecule has 1 aliphatic heterocycles. The second-order valence-electron chi connectivity index (χ2n) is 5.34. The molecule has 4 nitrogen and oxygen atoms in total. The Kier molecular flexibility index (Phi) is 3.99. The van der Waals surface area contributed by atoms with Crippen LogP contribution in [0, 0.1) is 13.8 Å². The van der Waals surface area contributed by atoms with Gasteiger partial charge >= 0.3 is 0 Å². The van der Waals surface area contributed by atoms with Crippen LogP contribution in [0.4, 0.5) is 0 Å². The number of hydrogen-bond donors (Lipinski definition) is 0. The SMILES string of the molecule is Cc1ccc(S(=O)(=O)N2CC(C)OCC2C)c(C)c1. The van der Waals surface area contributed by atoms with Gasteiger partial charge in [-0.15, -0.1) is 0 Å². The Bertz CT molecular complexity index is 568. The molecule has 0 aliphatic carbocycles. The summed E-state index contributed by atoms with van der Waals surface area (Å²) in [6.07, 6.45) is -0.0586. The number of sulfonamides is 1. The topological polar surface area (TPSA) is 46.6 Å². The minimum absolute atomic E-state index is 0.0586. The van der Waals surface area contributed by atoms with Crippen LogP contribution in [0.2, 0.25) is 0 Å². The predicted octanol–water partition coefficient (Wildman–Crippen LogP) is 2.10. The van der Waals surface area contributed by atoms with Crippen molar-refractivity contribution >= 4 is 10.0 Å². The molecule has 0 saturated carbocycles. The molecule has 2 unspecified atom stereocenters. The third-order valence-corrected chi connectivity index (χ3v) is 5.61. The van der Waals surface area contributed by atoms with Gasteiger partial charge in [0.15, 0.2) is 0 Å². The Morgan fingerprint density at radius 1 is 1.26 bits per heavy atom. The van der Waals surface area contributed by atoms with Gasteiger partial charge in [0.05, 0.1) is 17.6 Å². The highest BCUT2D eigenvalue weighted by atomic mass is 32.2. The quantitative estimate of drug-likeness (QED) is 0.835. The predicted molar refractivity (Wildman–Crippen MR) is 74.7 cm³/mol. The highest BCUT2D eigenvalue weighted by Crippen LogP contribution is 2.25. The first-order chi connectivity index (χ1) is 8.82. The van der Waals surface area contributed by atoms with Crippen molar-refractivity contribution in [3.63, 3.8) is 0 Å². The van der Waals surface area contributed by atoms with E-state index in [1.165, 1.54) is 0 Å². The summed E-state index contributed by atoms with van der Waals surface area (Å²) in [7, 11) is -3.44. The van der Waals surface area contributed by atoms with Gasteiger partial charge in [0.2, 0.25) is 10.0 Å². The van der Waals surface area contributed by atoms with Crippen LogP contribution in [0.1, 0.15) is 25.0 Å². The molecule has 1 fully saturated rings. The molecule has 0 aromatic heterocycles. The monoisotopic (exact) mass is 283 g/mol. The van der Waals surface area contributed by atoms with Crippen LogP contribution in [0.15, 0.2) is 23.1 Å². The van der Waals surface area contributed by atoms with Crippen LogP contribution in [0.3, 0.4) is 0 Å². The van der Waals surface area contributed by atoms with Gasteiger partial charge in [-0.3, -0.25) is 0 Å². The van der Waals surface area contributed by atoms with Crippen molar-refractivity contribution in [2.45, 2.75) is 44.7 Å². The van der Waals surface area contributed by atoms with Gasteiger partial charge in [-0.25, -0.2) is 8.42 Å². The lowest BCUT2D eigenvalue weighted by Crippen LogP contribution is -2.50. The first kappa shape index (κ1) is 14.5. The van der Waals surface area contributed by atoms with Crippen molar-refractivity contribution < 1.29 is 13.2 Å². The lowest BCUT2D eigenvalue weighted by molar-refractivity contribution is -0.0170. The molecule has 106 valence electrons. The molecular formula is C14H21NO3S. The van der Waals surface area contributed by atoms with Crippen molar-refractivity contribution in [1.82, 2.24) is 4.31 Å². The molecule has 5 heteroatoms. The maximum Gasteiger partial charge on any atom is 0.243 e. The van der Waals surface area contributed by atoms with Crippen molar-refractivity contribution in [1.29, 1.82) is 0 Å². The fourth-order valence-electron chi connectivity index (χ4n) is 2.42. The summed E-state index contributed by atoms with van der Waals surface area (Å²) in [5.41, 5.74) is 1.87. The third kappa shape index (κ3) is 2.83. The number of benzene rings is 1. The molecular weight excluding hydrogens is 262 g/mol. The van der Waals surface area contributed by atoms with Crippen molar-refractivity contribution in [2.24, 2.45) is 0 Å². The Balaban J connectivity index is 2.41. The summed E-state index contributed by atoms with van der Waals surface area (Å²) in [5.74, 6) is 0. The number of morpholine rings is 1. The van der Waals surface area contributed by atoms with Gasteiger partial charge in [0.1, 0.15) is 0 Å². The second kappa shape index (κ2) is 5.23. The zero-order valence-corrected chi connectivity index (χ0v) is 12.7. The number of aryl methyl sites for hydroxylation is 2. The highest BCUT2D eigenvalue weighted by molar-refractivity contribution is 7.89. The molecule has 0 amide bonds. The van der Waals surface area contributed by atoms with Crippen LogP contribution in [-0.2, 0) is 14.8 Å². The van der Waals surface area contributed by atoms with Crippen molar-refractivity contribution in [2.75, 3.05) is 13.2 Å². The van der Waals surface area contributed by atoms with E-state index in [0.717, 1.165) is 11.1 Å². The highest BCUT2D eigenvalue weighted by Gasteiger charge is 2.34. The van der Waals surface area contributed by atoms with E-state index < -0.39 is 10.0 Å². The molecule has 19 heavy (non-hydrogen) atoms. The average Bonchev–Trinajstić information content (AvgIpc) is 2.31. The summed E-state index contributed by atoms with van der Waals surface area (Å²) < 4.78 is 32.5. The van der Waals surface area contributed by atoms with Gasteiger partial charge in [0.25, 0.3) is 0 Å². The smallest absolute Gasteiger partial charge is 0.243 e. The maximum atomic E-state index is 12.7. The van der Waals surface area contributed by atoms with Gasteiger partial charge < -0.3 is 4.74 Å². The van der Waals surface area contributed by atoms with Crippen LogP contribution >= 0.6 is 0 Å². The normalized spacial score (nSPS) is 25.5. The molecule has 1 aliphatic rings. The zero-order valence-electron chi connectivity index (χ0n) is 11.9. The summed E-state index contributed by atoms with van der Waals surface area (Å²) in [5, 5.41) is 0. The first-order valence-corrected chi connectivity index (χ1v) is 7.97. The standard InChI is InChI=1S/C14H21NO3S/c1-10-5-6-14(11(2)7-10)19(16,17)15-8-13(4)18-9-12(15)3/h5-7,12-13H,8-9H2,1-4H3. The summed E-state index contributed by atoms with van der Waals surface area (Å²) in [6.45, 7) is 8.45. The van der Waals surface area contributed by atoms with E-state index in [4.69, 9.17) is 4.74 Å². The van der Waals surface area contributed by atoms with Gasteiger partial charge in [-0.05, 0) is 39.3 Å². The minimum atomic E-state index is -3.44. The van der Waals surface area contributed by atoms with Crippen molar-refractivity contribution in [3.8, 4) is 0 Å². The number of rotatable bonds is 2. The lowest BCUT2D eigenvalue weighted by Gasteiger charge is -2.36. The molecule has 2 atom stereocenters. The third-order valence-electron chi connectivity index (χ3n) is 3.47. The molecule has 1 aromatic rings. The van der Waals surface area contributed by atoms with Gasteiger partial charge in [-0.2, -0.15) is 4.31 Å². The van der Waals surface area contributed by atoms with Gasteiger partial charge in [-0.1, -0.05) is 17.7 Å². The Morgan fingerprint density at radius 3 is 2.58 bits per heavy atom. The fourth-order valence-corrected chi connectivity index (χ4v) is 4.32. The Morgan fingerprint density at radius 2 is 1.95 bits per heavy atom. The molecule has 1 aromatic carbocycles. The average molecular weight is 283 g/mol. The molecule has 2 rings (SSSR count). The molecule has 0 radical (unpaired) electrons. The van der Waals surface area contributed by atoms with E-state index in [-0.39, 0.29) is 12.1 Å². The summed E-state index contributed by atoms with van der Waals surface area (Å²) in [4.78, 5) is 0.402. The number of nitrogens with zero attached hydrogens (tertiary/aromatic N) is 1. The second-order valence-corrected chi connectivity index (χ2v) is 7.20. The van der Waals surface area contributed by atoms with E-state index in [9.17, 15) is 8.42 Å². The summed E-state index contributed by atoms with van der Waals surface area (Å²) >= 11 is 0. The van der Waals surface area contributed by atoms with Gasteiger partial charge in [0, 0.05) is 12.6 Å². The van der Waals surface area contributed by atoms with E-state index in [1.807, 2.05) is 39.8 Å². The van der Waals surface area contributed by atoms with E-state index in [2.05, 4.69) is 0 Å². The summed E-state index contributed by atoms with van der Waals surface area (Å²) in [6, 6.07) is 5.32. The number of hydrogen-bond acceptors (Lipinski definition) is 3. The van der Waals surface area contributed by atoms with E-state index >= 15 is 0 Å². The van der Waals surface area contributed by atoms with Crippen LogP contribution in [0.5, 0.6) is 0 Å². The fraction of sp³-hybridized carbons (Fsp3) is 0.571. The van der Waals surface area contributed by atoms with Crippen LogP contribution in [0.25, 0.3) is 0 Å². The molecule has 0 N–H and O–H groups in total. The lowest BCUT2D eigenvalue weighted by atomic mass is 10.2. The molecule has 1 heterocycles. The Hall–Kier alpha value is -0.910.